The standard InChI is InChI=1S/C54H92O10/c1-3-5-7-9-11-13-15-17-19-21-22-23-24-25-26-27-29-31-33-35-37-39-41-43-50(57)63-47(46-62-54-53(60)52(59)51(58)48(44-55)64-54)45-61-49(56)42-40-38-36-34-32-30-28-20-18-16-14-12-10-8-6-4-2/h5,7,11,13-14,16-17,19-20,22-23,28,47-48,51-55,58-60H,3-4,6,8-10,12,15,18,21,24-27,29-46H2,1-2H3/b7-5-,13-11-,16-14-,19-17-,23-22-,28-20-. The molecule has 10 heteroatoms. The minimum Gasteiger partial charge on any atom is -0.462 e. The molecule has 0 amide bonds. The third-order valence-corrected chi connectivity index (χ3v) is 11.3. The molecule has 4 N–H and O–H groups in total. The number of aliphatic hydroxyl groups excluding tert-OH is 4. The van der Waals surface area contributed by atoms with Gasteiger partial charge in [-0.2, -0.15) is 0 Å². The van der Waals surface area contributed by atoms with Crippen molar-refractivity contribution in [3.63, 3.8) is 0 Å². The summed E-state index contributed by atoms with van der Waals surface area (Å²) in [6.07, 6.45) is 49.0. The molecular weight excluding hydrogens is 809 g/mol. The van der Waals surface area contributed by atoms with Crippen LogP contribution in [0.25, 0.3) is 0 Å². The molecule has 1 aliphatic heterocycles. The molecule has 0 bridgehead atoms. The van der Waals surface area contributed by atoms with Crippen molar-refractivity contribution in [2.45, 2.75) is 237 Å². The first-order chi connectivity index (χ1) is 31.3. The van der Waals surface area contributed by atoms with E-state index in [1.165, 1.54) is 70.6 Å². The van der Waals surface area contributed by atoms with Crippen molar-refractivity contribution in [3.8, 4) is 0 Å². The molecule has 1 aliphatic rings. The number of aliphatic hydroxyl groups is 4. The Morgan fingerprint density at radius 2 is 0.922 bits per heavy atom. The lowest BCUT2D eigenvalue weighted by molar-refractivity contribution is -0.305. The predicted octanol–water partition coefficient (Wildman–Crippen LogP) is 11.9. The van der Waals surface area contributed by atoms with Crippen molar-refractivity contribution in [1.29, 1.82) is 0 Å². The van der Waals surface area contributed by atoms with Crippen LogP contribution in [-0.2, 0) is 28.5 Å². The van der Waals surface area contributed by atoms with Gasteiger partial charge in [-0.15, -0.1) is 0 Å². The second kappa shape index (κ2) is 44.0. The number of unbranched alkanes of at least 4 members (excludes halogenated alkanes) is 19. The zero-order chi connectivity index (χ0) is 46.6. The molecule has 1 saturated heterocycles. The maximum Gasteiger partial charge on any atom is 0.306 e. The van der Waals surface area contributed by atoms with E-state index in [2.05, 4.69) is 86.8 Å². The van der Waals surface area contributed by atoms with Crippen LogP contribution < -0.4 is 0 Å². The van der Waals surface area contributed by atoms with E-state index in [1.54, 1.807) is 0 Å². The zero-order valence-corrected chi connectivity index (χ0v) is 40.3. The molecule has 0 radical (unpaired) electrons. The molecule has 0 aromatic rings. The Morgan fingerprint density at radius 3 is 1.39 bits per heavy atom. The number of allylic oxidation sites excluding steroid dienone is 12. The van der Waals surface area contributed by atoms with Crippen LogP contribution in [0.15, 0.2) is 72.9 Å². The fourth-order valence-corrected chi connectivity index (χ4v) is 7.33. The first-order valence-electron chi connectivity index (χ1n) is 25.5. The number of hydrogen-bond donors (Lipinski definition) is 4. The molecule has 0 saturated carbocycles. The van der Waals surface area contributed by atoms with Crippen LogP contribution in [0.3, 0.4) is 0 Å². The van der Waals surface area contributed by atoms with Crippen LogP contribution in [0.1, 0.15) is 200 Å². The van der Waals surface area contributed by atoms with E-state index in [0.29, 0.717) is 12.8 Å². The SMILES string of the molecule is CC/C=C\C/C=C\C/C=C\C/C=C\CCCCCCCCCCCCC(=O)OC(COC(=O)CCCCCCC/C=C\C/C=C\CCCCCC)COC1OC(CO)C(O)C(O)C1O. The van der Waals surface area contributed by atoms with Crippen molar-refractivity contribution in [1.82, 2.24) is 0 Å². The second-order valence-corrected chi connectivity index (χ2v) is 17.2. The van der Waals surface area contributed by atoms with Gasteiger partial charge in [-0.1, -0.05) is 177 Å². The lowest BCUT2D eigenvalue weighted by Gasteiger charge is -2.39. The van der Waals surface area contributed by atoms with Crippen molar-refractivity contribution >= 4 is 11.9 Å². The monoisotopic (exact) mass is 901 g/mol. The molecule has 0 aromatic carbocycles. The molecule has 1 fully saturated rings. The van der Waals surface area contributed by atoms with Gasteiger partial charge >= 0.3 is 11.9 Å². The van der Waals surface area contributed by atoms with Crippen molar-refractivity contribution in [3.05, 3.63) is 72.9 Å². The van der Waals surface area contributed by atoms with Crippen LogP contribution in [0.2, 0.25) is 0 Å². The molecule has 0 aromatic heterocycles. The highest BCUT2D eigenvalue weighted by atomic mass is 16.7. The van der Waals surface area contributed by atoms with Crippen LogP contribution in [0, 0.1) is 0 Å². The normalized spacial score (nSPS) is 20.0. The van der Waals surface area contributed by atoms with Gasteiger partial charge in [0.25, 0.3) is 0 Å². The summed E-state index contributed by atoms with van der Waals surface area (Å²) in [5.41, 5.74) is 0. The van der Waals surface area contributed by atoms with E-state index in [-0.39, 0.29) is 26.1 Å². The summed E-state index contributed by atoms with van der Waals surface area (Å²) >= 11 is 0. The van der Waals surface area contributed by atoms with E-state index in [9.17, 15) is 30.0 Å². The molecule has 1 heterocycles. The van der Waals surface area contributed by atoms with E-state index >= 15 is 0 Å². The van der Waals surface area contributed by atoms with Crippen molar-refractivity contribution in [2.75, 3.05) is 19.8 Å². The Morgan fingerprint density at radius 1 is 0.500 bits per heavy atom. The van der Waals surface area contributed by atoms with Crippen LogP contribution in [-0.4, -0.2) is 89.0 Å². The molecule has 64 heavy (non-hydrogen) atoms. The number of esters is 2. The summed E-state index contributed by atoms with van der Waals surface area (Å²) in [5.74, 6) is -0.829. The molecule has 1 rings (SSSR count). The first-order valence-corrected chi connectivity index (χ1v) is 25.5. The summed E-state index contributed by atoms with van der Waals surface area (Å²) in [5, 5.41) is 40.2. The predicted molar refractivity (Wildman–Crippen MR) is 261 cm³/mol. The van der Waals surface area contributed by atoms with E-state index in [1.807, 2.05) is 0 Å². The molecule has 6 atom stereocenters. The molecule has 368 valence electrons. The van der Waals surface area contributed by atoms with Crippen molar-refractivity contribution < 1.29 is 49.0 Å². The van der Waals surface area contributed by atoms with Crippen LogP contribution in [0.5, 0.6) is 0 Å². The van der Waals surface area contributed by atoms with Gasteiger partial charge in [0.1, 0.15) is 31.0 Å². The van der Waals surface area contributed by atoms with Crippen molar-refractivity contribution in [2.24, 2.45) is 0 Å². The van der Waals surface area contributed by atoms with Gasteiger partial charge in [-0.05, 0) is 83.5 Å². The highest BCUT2D eigenvalue weighted by Gasteiger charge is 2.44. The van der Waals surface area contributed by atoms with Gasteiger partial charge in [0.05, 0.1) is 13.2 Å². The molecule has 10 nitrogen and oxygen atoms in total. The fourth-order valence-electron chi connectivity index (χ4n) is 7.33. The first kappa shape index (κ1) is 59.2. The van der Waals surface area contributed by atoms with E-state index in [4.69, 9.17) is 18.9 Å². The van der Waals surface area contributed by atoms with Gasteiger partial charge in [0.2, 0.25) is 0 Å². The quantitative estimate of drug-likeness (QED) is 0.0265. The van der Waals surface area contributed by atoms with Gasteiger partial charge in [0.15, 0.2) is 12.4 Å². The van der Waals surface area contributed by atoms with Gasteiger partial charge in [-0.3, -0.25) is 9.59 Å². The highest BCUT2D eigenvalue weighted by Crippen LogP contribution is 2.23. The number of rotatable bonds is 42. The third-order valence-electron chi connectivity index (χ3n) is 11.3. The molecule has 0 aliphatic carbocycles. The van der Waals surface area contributed by atoms with E-state index < -0.39 is 55.4 Å². The Bertz CT molecular complexity index is 1270. The number of ether oxygens (including phenoxy) is 4. The lowest BCUT2D eigenvalue weighted by atomic mass is 9.99. The molecule has 6 unspecified atom stereocenters. The van der Waals surface area contributed by atoms with Crippen LogP contribution in [0.4, 0.5) is 0 Å². The zero-order valence-electron chi connectivity index (χ0n) is 40.3. The lowest BCUT2D eigenvalue weighted by Crippen LogP contribution is -2.59. The summed E-state index contributed by atoms with van der Waals surface area (Å²) in [4.78, 5) is 25.4. The van der Waals surface area contributed by atoms with Gasteiger partial charge in [-0.25, -0.2) is 0 Å². The maximum atomic E-state index is 12.8. The average Bonchev–Trinajstić information content (AvgIpc) is 3.29. The summed E-state index contributed by atoms with van der Waals surface area (Å²) in [6, 6.07) is 0. The number of carbonyl (C=O) groups is 2. The second-order valence-electron chi connectivity index (χ2n) is 17.2. The van der Waals surface area contributed by atoms with E-state index in [0.717, 1.165) is 89.9 Å². The number of carbonyl (C=O) groups excluding carboxylic acids is 2. The molecular formula is C54H92O10. The Balaban J connectivity index is 2.27. The van der Waals surface area contributed by atoms with Gasteiger partial charge < -0.3 is 39.4 Å². The minimum absolute atomic E-state index is 0.218. The average molecular weight is 901 g/mol. The van der Waals surface area contributed by atoms with Crippen LogP contribution >= 0.6 is 0 Å². The Kier molecular flexibility index (Phi) is 40.7. The largest absolute Gasteiger partial charge is 0.462 e. The fraction of sp³-hybridized carbons (Fsp3) is 0.741. The Hall–Kier alpha value is -2.86. The third kappa shape index (κ3) is 34.5. The summed E-state index contributed by atoms with van der Waals surface area (Å²) in [6.45, 7) is 3.28. The summed E-state index contributed by atoms with van der Waals surface area (Å²) in [7, 11) is 0. The Labute approximate surface area is 389 Å². The topological polar surface area (TPSA) is 152 Å². The van der Waals surface area contributed by atoms with Gasteiger partial charge in [0, 0.05) is 12.8 Å². The highest BCUT2D eigenvalue weighted by molar-refractivity contribution is 5.70. The summed E-state index contributed by atoms with van der Waals surface area (Å²) < 4.78 is 22.2. The maximum absolute atomic E-state index is 12.8. The minimum atomic E-state index is -1.60. The number of hydrogen-bond acceptors (Lipinski definition) is 10. The smallest absolute Gasteiger partial charge is 0.306 e. The molecule has 0 spiro atoms.